The molecule has 23 heavy (non-hydrogen) atoms. The third-order valence-electron chi connectivity index (χ3n) is 5.44. The lowest BCUT2D eigenvalue weighted by Crippen LogP contribution is -2.49. The van der Waals surface area contributed by atoms with E-state index < -0.39 is 0 Å². The Morgan fingerprint density at radius 2 is 1.78 bits per heavy atom. The number of nitrogens with one attached hydrogen (secondary N) is 1. The minimum Gasteiger partial charge on any atom is -0.368 e. The van der Waals surface area contributed by atoms with Crippen molar-refractivity contribution in [3.8, 4) is 0 Å². The molecule has 2 fully saturated rings. The number of rotatable bonds is 4. The number of nitrogens with zero attached hydrogens (tertiary/aromatic N) is 2. The van der Waals surface area contributed by atoms with Gasteiger partial charge in [0.25, 0.3) is 0 Å². The summed E-state index contributed by atoms with van der Waals surface area (Å²) in [4.78, 5) is 17.0. The molecule has 2 aliphatic heterocycles. The number of piperidine rings is 1. The van der Waals surface area contributed by atoms with Crippen molar-refractivity contribution in [3.05, 3.63) is 30.3 Å². The van der Waals surface area contributed by atoms with Crippen LogP contribution in [0.15, 0.2) is 30.3 Å². The first kappa shape index (κ1) is 16.3. The summed E-state index contributed by atoms with van der Waals surface area (Å²) in [6.45, 7) is 8.07. The molecule has 1 aromatic rings. The van der Waals surface area contributed by atoms with E-state index in [0.29, 0.717) is 17.7 Å². The lowest BCUT2D eigenvalue weighted by Gasteiger charge is -2.37. The van der Waals surface area contributed by atoms with E-state index in [0.717, 1.165) is 45.7 Å². The summed E-state index contributed by atoms with van der Waals surface area (Å²) in [5.74, 6) is 1.58. The van der Waals surface area contributed by atoms with E-state index in [4.69, 9.17) is 0 Å². The SMILES string of the molecule is CC(CC(=O)N1CCN(c2ccccc2)CC1)C1CCNCC1. The fourth-order valence-electron chi connectivity index (χ4n) is 3.84. The fourth-order valence-corrected chi connectivity index (χ4v) is 3.84. The van der Waals surface area contributed by atoms with E-state index in [1.165, 1.54) is 18.5 Å². The topological polar surface area (TPSA) is 35.6 Å². The molecule has 0 spiro atoms. The normalized spacial score (nSPS) is 21.3. The van der Waals surface area contributed by atoms with Crippen LogP contribution in [0.3, 0.4) is 0 Å². The first-order valence-corrected chi connectivity index (χ1v) is 9.02. The molecule has 0 saturated carbocycles. The van der Waals surface area contributed by atoms with Crippen molar-refractivity contribution in [2.75, 3.05) is 44.2 Å². The van der Waals surface area contributed by atoms with Crippen molar-refractivity contribution in [2.24, 2.45) is 11.8 Å². The number of hydrogen-bond acceptors (Lipinski definition) is 3. The van der Waals surface area contributed by atoms with Crippen LogP contribution in [0.5, 0.6) is 0 Å². The highest BCUT2D eigenvalue weighted by Gasteiger charge is 2.26. The summed E-state index contributed by atoms with van der Waals surface area (Å²) >= 11 is 0. The monoisotopic (exact) mass is 315 g/mol. The number of hydrogen-bond donors (Lipinski definition) is 1. The van der Waals surface area contributed by atoms with E-state index in [1.54, 1.807) is 0 Å². The van der Waals surface area contributed by atoms with Crippen LogP contribution in [-0.2, 0) is 4.79 Å². The lowest BCUT2D eigenvalue weighted by atomic mass is 9.84. The Balaban J connectivity index is 1.46. The molecule has 2 heterocycles. The second kappa shape index (κ2) is 7.82. The number of carbonyl (C=O) groups excluding carboxylic acids is 1. The van der Waals surface area contributed by atoms with Gasteiger partial charge >= 0.3 is 0 Å². The van der Waals surface area contributed by atoms with Crippen molar-refractivity contribution in [3.63, 3.8) is 0 Å². The molecule has 2 saturated heterocycles. The number of anilines is 1. The largest absolute Gasteiger partial charge is 0.368 e. The van der Waals surface area contributed by atoms with Crippen molar-refractivity contribution >= 4 is 11.6 Å². The molecule has 1 aromatic carbocycles. The Bertz CT molecular complexity index is 491. The van der Waals surface area contributed by atoms with Gasteiger partial charge < -0.3 is 15.1 Å². The van der Waals surface area contributed by atoms with E-state index in [2.05, 4.69) is 46.3 Å². The molecule has 3 rings (SSSR count). The molecule has 1 amide bonds. The minimum absolute atomic E-state index is 0.351. The van der Waals surface area contributed by atoms with Crippen LogP contribution in [0.25, 0.3) is 0 Å². The highest BCUT2D eigenvalue weighted by atomic mass is 16.2. The summed E-state index contributed by atoms with van der Waals surface area (Å²) in [6, 6.07) is 10.5. The zero-order chi connectivity index (χ0) is 16.1. The lowest BCUT2D eigenvalue weighted by molar-refractivity contribution is -0.132. The van der Waals surface area contributed by atoms with Crippen LogP contribution in [0.2, 0.25) is 0 Å². The quantitative estimate of drug-likeness (QED) is 0.926. The highest BCUT2D eigenvalue weighted by Crippen LogP contribution is 2.25. The number of para-hydroxylation sites is 1. The van der Waals surface area contributed by atoms with Crippen molar-refractivity contribution < 1.29 is 4.79 Å². The molecule has 0 aliphatic carbocycles. The molecular weight excluding hydrogens is 286 g/mol. The maximum Gasteiger partial charge on any atom is 0.222 e. The molecule has 0 aromatic heterocycles. The van der Waals surface area contributed by atoms with Gasteiger partial charge in [0.05, 0.1) is 0 Å². The zero-order valence-electron chi connectivity index (χ0n) is 14.2. The van der Waals surface area contributed by atoms with Gasteiger partial charge in [0, 0.05) is 38.3 Å². The second-order valence-corrected chi connectivity index (χ2v) is 6.97. The molecule has 0 bridgehead atoms. The fraction of sp³-hybridized carbons (Fsp3) is 0.632. The average Bonchev–Trinajstić information content (AvgIpc) is 2.63. The van der Waals surface area contributed by atoms with Gasteiger partial charge in [-0.15, -0.1) is 0 Å². The van der Waals surface area contributed by atoms with E-state index in [-0.39, 0.29) is 0 Å². The molecule has 2 aliphatic rings. The molecule has 126 valence electrons. The zero-order valence-corrected chi connectivity index (χ0v) is 14.2. The third-order valence-corrected chi connectivity index (χ3v) is 5.44. The maximum absolute atomic E-state index is 12.6. The van der Waals surface area contributed by atoms with Gasteiger partial charge in [-0.25, -0.2) is 0 Å². The highest BCUT2D eigenvalue weighted by molar-refractivity contribution is 5.76. The van der Waals surface area contributed by atoms with Crippen molar-refractivity contribution in [2.45, 2.75) is 26.2 Å². The standard InChI is InChI=1S/C19H29N3O/c1-16(17-7-9-20-10-8-17)15-19(23)22-13-11-21(12-14-22)18-5-3-2-4-6-18/h2-6,16-17,20H,7-15H2,1H3. The smallest absolute Gasteiger partial charge is 0.222 e. The van der Waals surface area contributed by atoms with E-state index >= 15 is 0 Å². The number of piperazine rings is 1. The molecule has 1 atom stereocenters. The van der Waals surface area contributed by atoms with Crippen LogP contribution >= 0.6 is 0 Å². The Morgan fingerprint density at radius 3 is 2.43 bits per heavy atom. The Hall–Kier alpha value is -1.55. The second-order valence-electron chi connectivity index (χ2n) is 6.97. The maximum atomic E-state index is 12.6. The number of benzene rings is 1. The van der Waals surface area contributed by atoms with Gasteiger partial charge in [-0.3, -0.25) is 4.79 Å². The van der Waals surface area contributed by atoms with Gasteiger partial charge in [0.15, 0.2) is 0 Å². The Kier molecular flexibility index (Phi) is 5.55. The minimum atomic E-state index is 0.351. The van der Waals surface area contributed by atoms with Gasteiger partial charge in [0.1, 0.15) is 0 Å². The van der Waals surface area contributed by atoms with Gasteiger partial charge in [-0.1, -0.05) is 25.1 Å². The average molecular weight is 315 g/mol. The van der Waals surface area contributed by atoms with Crippen LogP contribution in [0, 0.1) is 11.8 Å². The number of amides is 1. The summed E-state index contributed by atoms with van der Waals surface area (Å²) < 4.78 is 0. The first-order chi connectivity index (χ1) is 11.2. The molecule has 1 N–H and O–H groups in total. The summed E-state index contributed by atoms with van der Waals surface area (Å²) in [6.07, 6.45) is 3.16. The van der Waals surface area contributed by atoms with E-state index in [9.17, 15) is 4.79 Å². The summed E-state index contributed by atoms with van der Waals surface area (Å²) in [5, 5.41) is 3.41. The van der Waals surface area contributed by atoms with Crippen molar-refractivity contribution in [1.29, 1.82) is 0 Å². The Morgan fingerprint density at radius 1 is 1.13 bits per heavy atom. The van der Waals surface area contributed by atoms with Crippen LogP contribution in [-0.4, -0.2) is 50.1 Å². The van der Waals surface area contributed by atoms with Gasteiger partial charge in [-0.2, -0.15) is 0 Å². The molecular formula is C19H29N3O. The summed E-state index contributed by atoms with van der Waals surface area (Å²) in [7, 11) is 0. The van der Waals surface area contributed by atoms with Crippen molar-refractivity contribution in [1.82, 2.24) is 10.2 Å². The predicted molar refractivity (Wildman–Crippen MR) is 94.6 cm³/mol. The van der Waals surface area contributed by atoms with E-state index in [1.807, 2.05) is 6.07 Å². The molecule has 1 unspecified atom stereocenters. The third kappa shape index (κ3) is 4.25. The molecule has 0 radical (unpaired) electrons. The number of carbonyl (C=O) groups is 1. The molecule has 4 nitrogen and oxygen atoms in total. The van der Waals surface area contributed by atoms with Crippen LogP contribution in [0.1, 0.15) is 26.2 Å². The summed E-state index contributed by atoms with van der Waals surface area (Å²) in [5.41, 5.74) is 1.27. The van der Waals surface area contributed by atoms with Gasteiger partial charge in [-0.05, 0) is 49.9 Å². The first-order valence-electron chi connectivity index (χ1n) is 9.02. The van der Waals surface area contributed by atoms with Crippen LogP contribution in [0.4, 0.5) is 5.69 Å². The van der Waals surface area contributed by atoms with Crippen LogP contribution < -0.4 is 10.2 Å². The molecule has 4 heteroatoms. The Labute approximate surface area is 139 Å². The van der Waals surface area contributed by atoms with Gasteiger partial charge in [0.2, 0.25) is 5.91 Å². The predicted octanol–water partition coefficient (Wildman–Crippen LogP) is 2.36.